The van der Waals surface area contributed by atoms with Crippen LogP contribution in [0.25, 0.3) is 0 Å². The summed E-state index contributed by atoms with van der Waals surface area (Å²) in [7, 11) is 0. The molecule has 0 unspecified atom stereocenters. The van der Waals surface area contributed by atoms with E-state index in [1.54, 1.807) is 6.07 Å². The van der Waals surface area contributed by atoms with Crippen LogP contribution >= 0.6 is 0 Å². The fourth-order valence-electron chi connectivity index (χ4n) is 0.977. The van der Waals surface area contributed by atoms with E-state index in [-0.39, 0.29) is 0 Å². The summed E-state index contributed by atoms with van der Waals surface area (Å²) in [6.45, 7) is 0.465. The van der Waals surface area contributed by atoms with Crippen molar-refractivity contribution in [2.75, 3.05) is 11.1 Å². The minimum Gasteiger partial charge on any atom is -0.384 e. The summed E-state index contributed by atoms with van der Waals surface area (Å²) in [6, 6.07) is 5.36. The number of nitrogens with two attached hydrogens (primary N) is 1. The lowest BCUT2D eigenvalue weighted by Crippen LogP contribution is -2.04. The molecule has 0 aliphatic heterocycles. The molecule has 7 heteroatoms. The highest BCUT2D eigenvalue weighted by Crippen LogP contribution is 2.05. The highest BCUT2D eigenvalue weighted by molar-refractivity contribution is 5.42. The van der Waals surface area contributed by atoms with Gasteiger partial charge in [0.05, 0.1) is 6.54 Å². The molecule has 0 atom stereocenters. The Morgan fingerprint density at radius 1 is 1.43 bits per heavy atom. The van der Waals surface area contributed by atoms with E-state index in [4.69, 9.17) is 5.73 Å². The van der Waals surface area contributed by atoms with Gasteiger partial charge in [-0.1, -0.05) is 11.3 Å². The number of tetrazole rings is 1. The summed E-state index contributed by atoms with van der Waals surface area (Å²) in [4.78, 5) is 4.05. The maximum Gasteiger partial charge on any atom is 0.193 e. The standard InChI is InChI=1S/C7H9N7/c8-5-2-1-3-6(10-5)9-4-7-11-13-14-12-7/h1-3H,4H2,(H3,8,9,10)(H,11,12,13,14). The summed E-state index contributed by atoms with van der Waals surface area (Å²) in [5, 5.41) is 16.4. The molecule has 4 N–H and O–H groups in total. The number of rotatable bonds is 3. The van der Waals surface area contributed by atoms with E-state index < -0.39 is 0 Å². The molecular formula is C7H9N7. The molecule has 72 valence electrons. The van der Waals surface area contributed by atoms with E-state index >= 15 is 0 Å². The highest BCUT2D eigenvalue weighted by atomic mass is 15.5. The number of pyridine rings is 1. The van der Waals surface area contributed by atoms with Crippen LogP contribution in [0.15, 0.2) is 18.2 Å². The minimum atomic E-state index is 0.465. The van der Waals surface area contributed by atoms with Crippen LogP contribution in [0.4, 0.5) is 11.6 Å². The monoisotopic (exact) mass is 191 g/mol. The molecule has 0 spiro atoms. The maximum atomic E-state index is 5.51. The van der Waals surface area contributed by atoms with Crippen LogP contribution in [0, 0.1) is 0 Å². The molecule has 0 amide bonds. The second kappa shape index (κ2) is 3.69. The summed E-state index contributed by atoms with van der Waals surface area (Å²) in [6.07, 6.45) is 0. The molecule has 2 rings (SSSR count). The first-order chi connectivity index (χ1) is 6.84. The van der Waals surface area contributed by atoms with Crippen LogP contribution in [0.2, 0.25) is 0 Å². The molecule has 0 bridgehead atoms. The van der Waals surface area contributed by atoms with Crippen molar-refractivity contribution in [3.8, 4) is 0 Å². The predicted molar refractivity (Wildman–Crippen MR) is 50.2 cm³/mol. The molecule has 2 heterocycles. The van der Waals surface area contributed by atoms with E-state index in [1.807, 2.05) is 12.1 Å². The van der Waals surface area contributed by atoms with Crippen molar-refractivity contribution < 1.29 is 0 Å². The largest absolute Gasteiger partial charge is 0.384 e. The fourth-order valence-corrected chi connectivity index (χ4v) is 0.977. The van der Waals surface area contributed by atoms with Gasteiger partial charge in [-0.05, 0) is 12.1 Å². The number of hydrogen-bond donors (Lipinski definition) is 3. The molecule has 0 fully saturated rings. The number of nitrogens with zero attached hydrogens (tertiary/aromatic N) is 4. The Morgan fingerprint density at radius 3 is 3.07 bits per heavy atom. The Labute approximate surface area is 79.7 Å². The molecule has 2 aromatic rings. The van der Waals surface area contributed by atoms with Gasteiger partial charge in [0.1, 0.15) is 11.6 Å². The number of nitrogen functional groups attached to an aromatic ring is 1. The van der Waals surface area contributed by atoms with Crippen LogP contribution in [-0.2, 0) is 6.54 Å². The van der Waals surface area contributed by atoms with E-state index in [9.17, 15) is 0 Å². The third-order valence-corrected chi connectivity index (χ3v) is 1.59. The second-order valence-electron chi connectivity index (χ2n) is 2.63. The van der Waals surface area contributed by atoms with Gasteiger partial charge in [-0.15, -0.1) is 10.2 Å². The number of hydrogen-bond acceptors (Lipinski definition) is 6. The molecule has 0 saturated carbocycles. The molecule has 14 heavy (non-hydrogen) atoms. The van der Waals surface area contributed by atoms with Crippen LogP contribution in [0.3, 0.4) is 0 Å². The second-order valence-corrected chi connectivity index (χ2v) is 2.63. The molecule has 0 aliphatic carbocycles. The first-order valence-corrected chi connectivity index (χ1v) is 4.03. The summed E-state index contributed by atoms with van der Waals surface area (Å²) in [5.74, 6) is 1.74. The van der Waals surface area contributed by atoms with Crippen molar-refractivity contribution in [2.24, 2.45) is 0 Å². The average molecular weight is 191 g/mol. The molecule has 0 saturated heterocycles. The van der Waals surface area contributed by atoms with Crippen LogP contribution < -0.4 is 11.1 Å². The zero-order chi connectivity index (χ0) is 9.80. The smallest absolute Gasteiger partial charge is 0.193 e. The Morgan fingerprint density at radius 2 is 2.36 bits per heavy atom. The maximum absolute atomic E-state index is 5.51. The number of nitrogens with one attached hydrogen (secondary N) is 2. The molecular weight excluding hydrogens is 182 g/mol. The SMILES string of the molecule is Nc1cccc(NCc2nn[nH]n2)n1. The zero-order valence-corrected chi connectivity index (χ0v) is 7.31. The van der Waals surface area contributed by atoms with Crippen molar-refractivity contribution in [3.63, 3.8) is 0 Å². The van der Waals surface area contributed by atoms with E-state index in [1.165, 1.54) is 0 Å². The fraction of sp³-hybridized carbons (Fsp3) is 0.143. The quantitative estimate of drug-likeness (QED) is 0.619. The van der Waals surface area contributed by atoms with Gasteiger partial charge >= 0.3 is 0 Å². The highest BCUT2D eigenvalue weighted by Gasteiger charge is 1.98. The Balaban J connectivity index is 1.98. The Hall–Kier alpha value is -2.18. The van der Waals surface area contributed by atoms with Crippen molar-refractivity contribution in [1.29, 1.82) is 0 Å². The summed E-state index contributed by atoms with van der Waals surface area (Å²) < 4.78 is 0. The Kier molecular flexibility index (Phi) is 2.22. The topological polar surface area (TPSA) is 105 Å². The third-order valence-electron chi connectivity index (χ3n) is 1.59. The van der Waals surface area contributed by atoms with Gasteiger partial charge in [-0.25, -0.2) is 4.98 Å². The zero-order valence-electron chi connectivity index (χ0n) is 7.31. The number of aromatic nitrogens is 5. The molecule has 0 aromatic carbocycles. The van der Waals surface area contributed by atoms with E-state index in [2.05, 4.69) is 30.9 Å². The average Bonchev–Trinajstić information content (AvgIpc) is 2.67. The number of H-pyrrole nitrogens is 1. The lowest BCUT2D eigenvalue weighted by molar-refractivity contribution is 0.881. The summed E-state index contributed by atoms with van der Waals surface area (Å²) in [5.41, 5.74) is 5.51. The predicted octanol–water partition coefficient (Wildman–Crippen LogP) is -0.211. The minimum absolute atomic E-state index is 0.465. The summed E-state index contributed by atoms with van der Waals surface area (Å²) >= 11 is 0. The van der Waals surface area contributed by atoms with Crippen molar-refractivity contribution in [2.45, 2.75) is 6.54 Å². The normalized spacial score (nSPS) is 10.0. The van der Waals surface area contributed by atoms with Crippen LogP contribution in [0.5, 0.6) is 0 Å². The van der Waals surface area contributed by atoms with Gasteiger partial charge in [0.15, 0.2) is 5.82 Å². The van der Waals surface area contributed by atoms with Gasteiger partial charge in [0.2, 0.25) is 0 Å². The number of anilines is 2. The molecule has 7 nitrogen and oxygen atoms in total. The molecule has 0 radical (unpaired) electrons. The van der Waals surface area contributed by atoms with Gasteiger partial charge < -0.3 is 11.1 Å². The van der Waals surface area contributed by atoms with Crippen molar-refractivity contribution in [1.82, 2.24) is 25.6 Å². The lowest BCUT2D eigenvalue weighted by Gasteiger charge is -2.02. The number of aromatic amines is 1. The van der Waals surface area contributed by atoms with Crippen molar-refractivity contribution in [3.05, 3.63) is 24.0 Å². The first-order valence-electron chi connectivity index (χ1n) is 4.03. The van der Waals surface area contributed by atoms with Gasteiger partial charge in [0.25, 0.3) is 0 Å². The van der Waals surface area contributed by atoms with Gasteiger partial charge in [-0.2, -0.15) is 5.21 Å². The lowest BCUT2D eigenvalue weighted by atomic mass is 10.4. The third kappa shape index (κ3) is 1.94. The van der Waals surface area contributed by atoms with Gasteiger partial charge in [-0.3, -0.25) is 0 Å². The van der Waals surface area contributed by atoms with Crippen LogP contribution in [-0.4, -0.2) is 25.6 Å². The van der Waals surface area contributed by atoms with E-state index in [0.29, 0.717) is 24.0 Å². The van der Waals surface area contributed by atoms with Gasteiger partial charge in [0, 0.05) is 0 Å². The molecule has 2 aromatic heterocycles. The van der Waals surface area contributed by atoms with Crippen molar-refractivity contribution >= 4 is 11.6 Å². The molecule has 0 aliphatic rings. The Bertz CT molecular complexity index is 396. The van der Waals surface area contributed by atoms with E-state index in [0.717, 1.165) is 0 Å². The first kappa shape index (κ1) is 8.42. The van der Waals surface area contributed by atoms with Crippen LogP contribution in [0.1, 0.15) is 5.82 Å².